The summed E-state index contributed by atoms with van der Waals surface area (Å²) in [6.45, 7) is 7.37. The Bertz CT molecular complexity index is 1620. The number of anilines is 1. The summed E-state index contributed by atoms with van der Waals surface area (Å²) in [6.07, 6.45) is 2.79. The number of likely N-dealkylation sites (N-methyl/N-ethyl adjacent to an activating group) is 1. The van der Waals surface area contributed by atoms with Crippen LogP contribution in [0.15, 0.2) is 48.5 Å². The van der Waals surface area contributed by atoms with Crippen molar-refractivity contribution in [1.82, 2.24) is 20.3 Å². The number of rotatable bonds is 10. The van der Waals surface area contributed by atoms with Gasteiger partial charge in [-0.15, -0.1) is 0 Å². The second-order valence-electron chi connectivity index (χ2n) is 12.8. The standard InChI is InChI=1S/C36H44FN5O5/c1-22(2)34-31(14-12-27(43)20-28(44)21-32(45)46)33(23-7-9-25(37)10-8-23)30-6-4-5-24-19-26(11-13-29(24)35(30)39-34)38-36(47)40-42-17-15-41(3)16-18-42/h7-14,19,22,27-28,43-44H,4-6,15-18,20-21H2,1-3H3,(H,45,46)(H2,38,40,47)/b14-12+/t27-,28-/m1/s1. The van der Waals surface area contributed by atoms with Crippen molar-refractivity contribution in [3.05, 3.63) is 76.7 Å². The number of aryl methyl sites for hydroxylation is 1. The Balaban J connectivity index is 1.52. The first-order chi connectivity index (χ1) is 22.5. The Morgan fingerprint density at radius 2 is 1.77 bits per heavy atom. The third kappa shape index (κ3) is 8.61. The van der Waals surface area contributed by atoms with Crippen LogP contribution in [0.4, 0.5) is 14.9 Å². The van der Waals surface area contributed by atoms with E-state index in [9.17, 15) is 24.2 Å². The number of aliphatic hydroxyl groups is 2. The van der Waals surface area contributed by atoms with Crippen molar-refractivity contribution in [2.75, 3.05) is 38.5 Å². The number of hydrazine groups is 1. The van der Waals surface area contributed by atoms with Crippen molar-refractivity contribution in [2.24, 2.45) is 0 Å². The van der Waals surface area contributed by atoms with Crippen LogP contribution >= 0.6 is 0 Å². The van der Waals surface area contributed by atoms with Crippen LogP contribution in [0.25, 0.3) is 28.5 Å². The molecule has 0 saturated carbocycles. The maximum atomic E-state index is 14.1. The van der Waals surface area contributed by atoms with Gasteiger partial charge >= 0.3 is 12.0 Å². The number of fused-ring (bicyclic) bond motifs is 3. The molecular weight excluding hydrogens is 601 g/mol. The largest absolute Gasteiger partial charge is 0.481 e. The summed E-state index contributed by atoms with van der Waals surface area (Å²) >= 11 is 0. The van der Waals surface area contributed by atoms with Gasteiger partial charge in [-0.2, -0.15) is 0 Å². The van der Waals surface area contributed by atoms with Gasteiger partial charge in [-0.05, 0) is 78.7 Å². The van der Waals surface area contributed by atoms with Gasteiger partial charge < -0.3 is 25.5 Å². The summed E-state index contributed by atoms with van der Waals surface area (Å²) < 4.78 is 14.1. The van der Waals surface area contributed by atoms with Gasteiger partial charge in [0.15, 0.2) is 0 Å². The number of pyridine rings is 1. The van der Waals surface area contributed by atoms with E-state index in [0.29, 0.717) is 12.1 Å². The molecular formula is C36H44FN5O5. The summed E-state index contributed by atoms with van der Waals surface area (Å²) in [5.41, 5.74) is 10.8. The smallest absolute Gasteiger partial charge is 0.333 e. The number of aliphatic hydroxyl groups excluding tert-OH is 2. The Labute approximate surface area is 274 Å². The van der Waals surface area contributed by atoms with Crippen LogP contribution in [-0.2, 0) is 17.6 Å². The number of piperazine rings is 1. The van der Waals surface area contributed by atoms with Gasteiger partial charge in [-0.25, -0.2) is 14.2 Å². The molecule has 5 N–H and O–H groups in total. The van der Waals surface area contributed by atoms with Crippen molar-refractivity contribution in [1.29, 1.82) is 0 Å². The Hall–Kier alpha value is -4.16. The topological polar surface area (TPSA) is 138 Å². The molecule has 11 heteroatoms. The molecule has 0 radical (unpaired) electrons. The SMILES string of the molecule is CC(C)c1nc2c(c(-c3ccc(F)cc3)c1/C=C/[C@@H](O)C[C@@H](O)CC(=O)O)CCCc1cc(NC(=O)NN3CCN(C)CC3)ccc1-2. The normalized spacial score (nSPS) is 16.7. The van der Waals surface area contributed by atoms with Crippen molar-refractivity contribution < 1.29 is 29.3 Å². The van der Waals surface area contributed by atoms with E-state index in [-0.39, 0.29) is 24.2 Å². The predicted octanol–water partition coefficient (Wildman–Crippen LogP) is 5.05. The van der Waals surface area contributed by atoms with Gasteiger partial charge in [0.05, 0.1) is 30.0 Å². The highest BCUT2D eigenvalue weighted by Gasteiger charge is 2.26. The van der Waals surface area contributed by atoms with E-state index in [2.05, 4.69) is 22.7 Å². The highest BCUT2D eigenvalue weighted by atomic mass is 19.1. The average Bonchev–Trinajstić information content (AvgIpc) is 3.19. The number of aromatic nitrogens is 1. The van der Waals surface area contributed by atoms with Gasteiger partial charge in [0.25, 0.3) is 0 Å². The molecule has 0 bridgehead atoms. The zero-order valence-electron chi connectivity index (χ0n) is 27.2. The predicted molar refractivity (Wildman–Crippen MR) is 180 cm³/mol. The Kier molecular flexibility index (Phi) is 11.0. The van der Waals surface area contributed by atoms with E-state index in [1.165, 1.54) is 12.1 Å². The second kappa shape index (κ2) is 15.2. The number of hydrogen-bond donors (Lipinski definition) is 5. The summed E-state index contributed by atoms with van der Waals surface area (Å²) in [6, 6.07) is 12.0. The van der Waals surface area contributed by atoms with Gasteiger partial charge in [-0.3, -0.25) is 15.2 Å². The maximum Gasteiger partial charge on any atom is 0.333 e. The van der Waals surface area contributed by atoms with Crippen LogP contribution in [0.2, 0.25) is 0 Å². The molecule has 1 aromatic heterocycles. The molecule has 2 amide bonds. The number of amides is 2. The summed E-state index contributed by atoms with van der Waals surface area (Å²) in [5.74, 6) is -1.50. The number of carbonyl (C=O) groups is 2. The molecule has 10 nitrogen and oxygen atoms in total. The van der Waals surface area contributed by atoms with E-state index in [1.54, 1.807) is 24.3 Å². The van der Waals surface area contributed by atoms with Crippen molar-refractivity contribution in [3.63, 3.8) is 0 Å². The molecule has 1 aliphatic carbocycles. The summed E-state index contributed by atoms with van der Waals surface area (Å²) in [5, 5.41) is 34.6. The van der Waals surface area contributed by atoms with Gasteiger partial charge in [0.2, 0.25) is 0 Å². The van der Waals surface area contributed by atoms with E-state index in [0.717, 1.165) is 83.8 Å². The van der Waals surface area contributed by atoms with Crippen LogP contribution in [0.1, 0.15) is 61.4 Å². The number of carbonyl (C=O) groups excluding carboxylic acids is 1. The fourth-order valence-electron chi connectivity index (χ4n) is 6.31. The minimum absolute atomic E-state index is 0.0141. The fraction of sp³-hybridized carbons (Fsp3) is 0.417. The zero-order valence-corrected chi connectivity index (χ0v) is 27.2. The van der Waals surface area contributed by atoms with Gasteiger partial charge in [0, 0.05) is 49.4 Å². The molecule has 2 atom stereocenters. The number of benzene rings is 2. The lowest BCUT2D eigenvalue weighted by atomic mass is 9.86. The van der Waals surface area contributed by atoms with Crippen molar-refractivity contribution >= 4 is 23.8 Å². The number of carboxylic acids is 1. The summed E-state index contributed by atoms with van der Waals surface area (Å²) in [4.78, 5) is 31.3. The molecule has 1 aliphatic heterocycles. The number of nitrogens with one attached hydrogen (secondary N) is 2. The van der Waals surface area contributed by atoms with Gasteiger partial charge in [0.1, 0.15) is 5.82 Å². The van der Waals surface area contributed by atoms with Crippen LogP contribution in [0.5, 0.6) is 0 Å². The molecule has 5 rings (SSSR count). The van der Waals surface area contributed by atoms with Crippen LogP contribution in [0, 0.1) is 5.82 Å². The minimum Gasteiger partial charge on any atom is -0.481 e. The summed E-state index contributed by atoms with van der Waals surface area (Å²) in [7, 11) is 2.06. The van der Waals surface area contributed by atoms with Crippen molar-refractivity contribution in [3.8, 4) is 22.4 Å². The Morgan fingerprint density at radius 1 is 1.04 bits per heavy atom. The van der Waals surface area contributed by atoms with Crippen LogP contribution in [0.3, 0.4) is 0 Å². The lowest BCUT2D eigenvalue weighted by Crippen LogP contribution is -2.53. The van der Waals surface area contributed by atoms with E-state index in [4.69, 9.17) is 10.1 Å². The average molecular weight is 646 g/mol. The lowest BCUT2D eigenvalue weighted by molar-refractivity contribution is -0.139. The molecule has 3 aromatic rings. The van der Waals surface area contributed by atoms with Crippen LogP contribution < -0.4 is 10.7 Å². The molecule has 47 heavy (non-hydrogen) atoms. The minimum atomic E-state index is -1.19. The Morgan fingerprint density at radius 3 is 2.45 bits per heavy atom. The molecule has 0 spiro atoms. The van der Waals surface area contributed by atoms with Crippen molar-refractivity contribution in [2.45, 2.75) is 64.1 Å². The monoisotopic (exact) mass is 645 g/mol. The molecule has 250 valence electrons. The zero-order chi connectivity index (χ0) is 33.7. The maximum absolute atomic E-state index is 14.1. The highest BCUT2D eigenvalue weighted by molar-refractivity contribution is 5.90. The third-order valence-corrected chi connectivity index (χ3v) is 8.71. The second-order valence-corrected chi connectivity index (χ2v) is 12.8. The first-order valence-corrected chi connectivity index (χ1v) is 16.2. The lowest BCUT2D eigenvalue weighted by Gasteiger charge is -2.32. The van der Waals surface area contributed by atoms with E-state index >= 15 is 0 Å². The quantitative estimate of drug-likeness (QED) is 0.207. The van der Waals surface area contributed by atoms with Crippen LogP contribution in [-0.4, -0.2) is 87.6 Å². The fourth-order valence-corrected chi connectivity index (χ4v) is 6.31. The molecule has 2 aromatic carbocycles. The highest BCUT2D eigenvalue weighted by Crippen LogP contribution is 2.42. The first kappa shape index (κ1) is 34.2. The number of hydrogen-bond acceptors (Lipinski definition) is 7. The third-order valence-electron chi connectivity index (χ3n) is 8.71. The number of carboxylic acid groups (broad SMARTS) is 1. The van der Waals surface area contributed by atoms with Gasteiger partial charge in [-0.1, -0.05) is 44.2 Å². The molecule has 0 unspecified atom stereocenters. The molecule has 2 aliphatic rings. The number of aliphatic carboxylic acids is 1. The van der Waals surface area contributed by atoms with E-state index < -0.39 is 24.6 Å². The molecule has 1 fully saturated rings. The molecule has 2 heterocycles. The number of halogens is 1. The van der Waals surface area contributed by atoms with E-state index in [1.807, 2.05) is 37.1 Å². The number of nitrogens with zero attached hydrogens (tertiary/aromatic N) is 3. The molecule has 1 saturated heterocycles. The first-order valence-electron chi connectivity index (χ1n) is 16.2. The number of urea groups is 1.